The van der Waals surface area contributed by atoms with E-state index in [4.69, 9.17) is 5.11 Å². The van der Waals surface area contributed by atoms with Gasteiger partial charge in [-0.3, -0.25) is 4.79 Å². The number of urea groups is 1. The van der Waals surface area contributed by atoms with Gasteiger partial charge < -0.3 is 15.3 Å². The summed E-state index contributed by atoms with van der Waals surface area (Å²) in [7, 11) is -5.57. The quantitative estimate of drug-likeness (QED) is 0.553. The van der Waals surface area contributed by atoms with Gasteiger partial charge in [0.05, 0.1) is 29.4 Å². The molecule has 3 rings (SSSR count). The number of hydrogen-bond donors (Lipinski definition) is 2. The number of nitrogens with zero attached hydrogens (tertiary/aromatic N) is 4. The number of carbonyl (C=O) groups is 2. The van der Waals surface area contributed by atoms with Crippen molar-refractivity contribution < 1.29 is 36.3 Å². The van der Waals surface area contributed by atoms with E-state index in [-0.39, 0.29) is 30.8 Å². The number of halogens is 3. The summed E-state index contributed by atoms with van der Waals surface area (Å²) in [5.74, 6) is -0.432. The van der Waals surface area contributed by atoms with Crippen molar-refractivity contribution in [1.82, 2.24) is 14.9 Å². The highest BCUT2D eigenvalue weighted by Crippen LogP contribution is 2.35. The second-order valence-electron chi connectivity index (χ2n) is 8.11. The maximum absolute atomic E-state index is 13.1. The minimum Gasteiger partial charge on any atom is -0.394 e. The van der Waals surface area contributed by atoms with Crippen molar-refractivity contribution in [3.63, 3.8) is 0 Å². The summed E-state index contributed by atoms with van der Waals surface area (Å²) in [6, 6.07) is 3.80. The third-order valence-electron chi connectivity index (χ3n) is 5.22. The molecule has 1 saturated heterocycles. The Morgan fingerprint density at radius 2 is 1.76 bits per heavy atom. The van der Waals surface area contributed by atoms with Crippen molar-refractivity contribution in [3.8, 4) is 0 Å². The largest absolute Gasteiger partial charge is 0.501 e. The predicted octanol–water partition coefficient (Wildman–Crippen LogP) is 2.31. The molecule has 10 nitrogen and oxygen atoms in total. The number of aromatic nitrogens is 2. The van der Waals surface area contributed by atoms with E-state index in [0.29, 0.717) is 17.8 Å². The first-order valence-corrected chi connectivity index (χ1v) is 11.5. The van der Waals surface area contributed by atoms with E-state index in [1.54, 1.807) is 13.0 Å². The summed E-state index contributed by atoms with van der Waals surface area (Å²) in [4.78, 5) is 35.5. The van der Waals surface area contributed by atoms with Crippen molar-refractivity contribution in [1.29, 1.82) is 0 Å². The maximum Gasteiger partial charge on any atom is 0.501 e. The van der Waals surface area contributed by atoms with E-state index in [2.05, 4.69) is 15.3 Å². The van der Waals surface area contributed by atoms with Crippen LogP contribution in [0.25, 0.3) is 0 Å². The Hall–Kier alpha value is -3.26. The maximum atomic E-state index is 13.1. The molecule has 184 valence electrons. The lowest BCUT2D eigenvalue weighted by Crippen LogP contribution is -2.43. The first-order valence-electron chi connectivity index (χ1n) is 9.97. The third-order valence-corrected chi connectivity index (χ3v) is 6.72. The van der Waals surface area contributed by atoms with Crippen LogP contribution in [0.5, 0.6) is 0 Å². The van der Waals surface area contributed by atoms with Crippen molar-refractivity contribution in [3.05, 3.63) is 42.2 Å². The fraction of sp³-hybridized carbons (Fsp3) is 0.400. The van der Waals surface area contributed by atoms with Crippen LogP contribution in [0.1, 0.15) is 26.5 Å². The molecule has 1 atom stereocenters. The Balaban J connectivity index is 1.88. The number of hydrogen-bond acceptors (Lipinski definition) is 8. The number of benzene rings is 1. The fourth-order valence-corrected chi connectivity index (χ4v) is 3.98. The van der Waals surface area contributed by atoms with E-state index in [9.17, 15) is 31.2 Å². The predicted molar refractivity (Wildman–Crippen MR) is 114 cm³/mol. The number of rotatable bonds is 7. The zero-order valence-electron chi connectivity index (χ0n) is 18.4. The van der Waals surface area contributed by atoms with Gasteiger partial charge in [-0.25, -0.2) is 28.1 Å². The topological polar surface area (TPSA) is 133 Å². The molecule has 1 aromatic carbocycles. The Morgan fingerprint density at radius 3 is 2.32 bits per heavy atom. The number of aliphatic hydroxyl groups excluding tert-OH is 1. The van der Waals surface area contributed by atoms with Gasteiger partial charge in [-0.05, 0) is 51.1 Å². The van der Waals surface area contributed by atoms with E-state index in [1.807, 2.05) is 0 Å². The average Bonchev–Trinajstić information content (AvgIpc) is 2.92. The molecule has 1 aliphatic heterocycles. The van der Waals surface area contributed by atoms with Gasteiger partial charge in [-0.1, -0.05) is 0 Å². The highest BCUT2D eigenvalue weighted by atomic mass is 32.2. The number of carbonyl (C=O) groups excluding carboxylic acids is 2. The standard InChI is InChI=1S/C20H22F3N5O5S/c1-12(11-29)25-17-24-9-8-13(26-17)10-27-18(31)28(16(30)19(27,2)3)14-4-6-15(7-5-14)34(32,33)20(21,22)23/h4-9,12,29H,10-11H2,1-3H3,(H,24,25,26)/t12-/m1/s1. The molecule has 0 radical (unpaired) electrons. The Kier molecular flexibility index (Phi) is 6.59. The Morgan fingerprint density at radius 1 is 1.15 bits per heavy atom. The lowest BCUT2D eigenvalue weighted by molar-refractivity contribution is -0.123. The zero-order valence-corrected chi connectivity index (χ0v) is 19.2. The first-order chi connectivity index (χ1) is 15.7. The summed E-state index contributed by atoms with van der Waals surface area (Å²) in [6.45, 7) is 4.48. The van der Waals surface area contributed by atoms with Crippen LogP contribution in [0.2, 0.25) is 0 Å². The van der Waals surface area contributed by atoms with Crippen molar-refractivity contribution in [2.75, 3.05) is 16.8 Å². The number of sulfone groups is 1. The molecule has 1 fully saturated rings. The molecule has 34 heavy (non-hydrogen) atoms. The molecule has 0 spiro atoms. The molecule has 0 saturated carbocycles. The lowest BCUT2D eigenvalue weighted by Gasteiger charge is -2.27. The molecular formula is C20H22F3N5O5S. The van der Waals surface area contributed by atoms with Crippen LogP contribution in [0.4, 0.5) is 29.6 Å². The van der Waals surface area contributed by atoms with Gasteiger partial charge in [0.15, 0.2) is 0 Å². The summed E-state index contributed by atoms with van der Waals surface area (Å²) >= 11 is 0. The van der Waals surface area contributed by atoms with Gasteiger partial charge in [0.2, 0.25) is 5.95 Å². The van der Waals surface area contributed by atoms with E-state index < -0.39 is 37.7 Å². The second-order valence-corrected chi connectivity index (χ2v) is 10.1. The summed E-state index contributed by atoms with van der Waals surface area (Å²) in [5.41, 5.74) is -6.49. The summed E-state index contributed by atoms with van der Waals surface area (Å²) in [6.07, 6.45) is 1.45. The molecule has 0 aliphatic carbocycles. The summed E-state index contributed by atoms with van der Waals surface area (Å²) < 4.78 is 61.5. The average molecular weight is 501 g/mol. The number of anilines is 2. The smallest absolute Gasteiger partial charge is 0.394 e. The molecule has 2 heterocycles. The molecule has 3 amide bonds. The van der Waals surface area contributed by atoms with E-state index in [0.717, 1.165) is 17.0 Å². The van der Waals surface area contributed by atoms with Crippen LogP contribution < -0.4 is 10.2 Å². The van der Waals surface area contributed by atoms with E-state index in [1.165, 1.54) is 24.9 Å². The van der Waals surface area contributed by atoms with Crippen LogP contribution >= 0.6 is 0 Å². The molecule has 1 aliphatic rings. The SMILES string of the molecule is C[C@H](CO)Nc1nccc(CN2C(=O)N(c3ccc(S(=O)(=O)C(F)(F)F)cc3)C(=O)C2(C)C)n1. The van der Waals surface area contributed by atoms with Gasteiger partial charge >= 0.3 is 11.5 Å². The minimum atomic E-state index is -5.57. The second kappa shape index (κ2) is 8.83. The van der Waals surface area contributed by atoms with Crippen LogP contribution in [0, 0.1) is 0 Å². The van der Waals surface area contributed by atoms with Gasteiger partial charge in [-0.2, -0.15) is 13.2 Å². The van der Waals surface area contributed by atoms with Gasteiger partial charge in [0.1, 0.15) is 5.54 Å². The number of nitrogens with one attached hydrogen (secondary N) is 1. The summed E-state index contributed by atoms with van der Waals surface area (Å²) in [5, 5.41) is 12.0. The van der Waals surface area contributed by atoms with Crippen LogP contribution in [-0.4, -0.2) is 64.0 Å². The number of aliphatic hydroxyl groups is 1. The molecular weight excluding hydrogens is 479 g/mol. The molecule has 0 unspecified atom stereocenters. The van der Waals surface area contributed by atoms with Gasteiger partial charge in [-0.15, -0.1) is 0 Å². The monoisotopic (exact) mass is 501 g/mol. The fourth-order valence-electron chi connectivity index (χ4n) is 3.22. The lowest BCUT2D eigenvalue weighted by atomic mass is 10.0. The molecule has 14 heteroatoms. The minimum absolute atomic E-state index is 0.0755. The number of imide groups is 1. The normalized spacial score (nSPS) is 17.3. The zero-order chi connectivity index (χ0) is 25.5. The molecule has 2 aromatic rings. The highest BCUT2D eigenvalue weighted by molar-refractivity contribution is 7.92. The number of alkyl halides is 3. The van der Waals surface area contributed by atoms with Crippen LogP contribution in [0.3, 0.4) is 0 Å². The Labute approximate surface area is 193 Å². The molecule has 1 aromatic heterocycles. The Bertz CT molecular complexity index is 1200. The van der Waals surface area contributed by atoms with Crippen molar-refractivity contribution in [2.45, 2.75) is 49.3 Å². The first kappa shape index (κ1) is 25.4. The van der Waals surface area contributed by atoms with Gasteiger partial charge in [0, 0.05) is 12.2 Å². The van der Waals surface area contributed by atoms with E-state index >= 15 is 0 Å². The van der Waals surface area contributed by atoms with Crippen LogP contribution in [0.15, 0.2) is 41.4 Å². The molecule has 2 N–H and O–H groups in total. The van der Waals surface area contributed by atoms with Gasteiger partial charge in [0.25, 0.3) is 15.7 Å². The van der Waals surface area contributed by atoms with Crippen molar-refractivity contribution in [2.24, 2.45) is 0 Å². The molecule has 0 bridgehead atoms. The highest BCUT2D eigenvalue weighted by Gasteiger charge is 2.52. The van der Waals surface area contributed by atoms with Crippen molar-refractivity contribution >= 4 is 33.4 Å². The van der Waals surface area contributed by atoms with Crippen LogP contribution in [-0.2, 0) is 21.2 Å². The third kappa shape index (κ3) is 4.55. The number of amides is 3.